The van der Waals surface area contributed by atoms with E-state index >= 15 is 0 Å². The van der Waals surface area contributed by atoms with Crippen molar-refractivity contribution in [2.24, 2.45) is 0 Å². The highest BCUT2D eigenvalue weighted by molar-refractivity contribution is 7.92. The average Bonchev–Trinajstić information content (AvgIpc) is 2.59. The first-order valence-electron chi connectivity index (χ1n) is 8.69. The Bertz CT molecular complexity index is 924. The van der Waals surface area contributed by atoms with Crippen LogP contribution in [0.1, 0.15) is 23.6 Å². The second-order valence-corrected chi connectivity index (χ2v) is 8.71. The van der Waals surface area contributed by atoms with Crippen LogP contribution < -0.4 is 4.31 Å². The fourth-order valence-electron chi connectivity index (χ4n) is 3.52. The number of aryl methyl sites for hydroxylation is 1. The van der Waals surface area contributed by atoms with Gasteiger partial charge in [0, 0.05) is 13.1 Å². The first-order valence-corrected chi connectivity index (χ1v) is 10.5. The van der Waals surface area contributed by atoms with E-state index in [0.717, 1.165) is 23.8 Å². The molecule has 0 radical (unpaired) electrons. The van der Waals surface area contributed by atoms with E-state index in [0.29, 0.717) is 18.8 Å². The Morgan fingerprint density at radius 3 is 2.46 bits per heavy atom. The van der Waals surface area contributed by atoms with Gasteiger partial charge in [0.15, 0.2) is 0 Å². The van der Waals surface area contributed by atoms with Crippen LogP contribution in [0.3, 0.4) is 0 Å². The maximum atomic E-state index is 13.1. The van der Waals surface area contributed by atoms with Crippen LogP contribution in [-0.4, -0.2) is 38.1 Å². The molecule has 0 bridgehead atoms. The summed E-state index contributed by atoms with van der Waals surface area (Å²) in [7, 11) is -3.59. The minimum Gasteiger partial charge on any atom is -0.336 e. The molecule has 1 aliphatic heterocycles. The van der Waals surface area contributed by atoms with E-state index in [1.165, 1.54) is 9.87 Å². The van der Waals surface area contributed by atoms with E-state index < -0.39 is 16.1 Å². The highest BCUT2D eigenvalue weighted by Crippen LogP contribution is 2.25. The van der Waals surface area contributed by atoms with E-state index in [1.54, 1.807) is 30.0 Å². The standard InChI is InChI=1S/C20H24N2O3S/c1-15-7-6-10-19(13-15)22(26(3,24)25)16(2)20(23)21-12-11-17-8-4-5-9-18(17)14-21/h4-10,13,16H,11-12,14H2,1-3H3/t16-/m0/s1. The van der Waals surface area contributed by atoms with Gasteiger partial charge in [-0.25, -0.2) is 8.42 Å². The Morgan fingerprint density at radius 1 is 1.12 bits per heavy atom. The van der Waals surface area contributed by atoms with Gasteiger partial charge in [-0.2, -0.15) is 0 Å². The van der Waals surface area contributed by atoms with Gasteiger partial charge >= 0.3 is 0 Å². The van der Waals surface area contributed by atoms with E-state index in [2.05, 4.69) is 6.07 Å². The second-order valence-electron chi connectivity index (χ2n) is 6.85. The fourth-order valence-corrected chi connectivity index (χ4v) is 4.68. The number of carbonyl (C=O) groups excluding carboxylic acids is 1. The molecule has 0 saturated carbocycles. The number of carbonyl (C=O) groups is 1. The lowest BCUT2D eigenvalue weighted by atomic mass is 9.99. The Labute approximate surface area is 155 Å². The zero-order valence-corrected chi connectivity index (χ0v) is 16.2. The lowest BCUT2D eigenvalue weighted by Crippen LogP contribution is -2.50. The topological polar surface area (TPSA) is 57.7 Å². The number of sulfonamides is 1. The molecule has 1 amide bonds. The van der Waals surface area contributed by atoms with Crippen molar-refractivity contribution in [3.05, 3.63) is 65.2 Å². The zero-order valence-electron chi connectivity index (χ0n) is 15.3. The predicted molar refractivity (Wildman–Crippen MR) is 104 cm³/mol. The third kappa shape index (κ3) is 3.75. The summed E-state index contributed by atoms with van der Waals surface area (Å²) in [6.45, 7) is 4.68. The summed E-state index contributed by atoms with van der Waals surface area (Å²) in [5, 5.41) is 0. The molecule has 0 N–H and O–H groups in total. The van der Waals surface area contributed by atoms with Crippen LogP contribution in [0.2, 0.25) is 0 Å². The van der Waals surface area contributed by atoms with E-state index in [-0.39, 0.29) is 5.91 Å². The molecule has 1 atom stereocenters. The van der Waals surface area contributed by atoms with Crippen LogP contribution in [0, 0.1) is 6.92 Å². The quantitative estimate of drug-likeness (QED) is 0.829. The van der Waals surface area contributed by atoms with Gasteiger partial charge in [0.1, 0.15) is 6.04 Å². The van der Waals surface area contributed by atoms with Crippen LogP contribution in [0.4, 0.5) is 5.69 Å². The van der Waals surface area contributed by atoms with E-state index in [1.807, 2.05) is 31.2 Å². The summed E-state index contributed by atoms with van der Waals surface area (Å²) >= 11 is 0. The molecule has 0 fully saturated rings. The Balaban J connectivity index is 1.88. The Hall–Kier alpha value is -2.34. The first kappa shape index (κ1) is 18.5. The van der Waals surface area contributed by atoms with Crippen LogP contribution >= 0.6 is 0 Å². The minimum atomic E-state index is -3.59. The molecule has 0 saturated heterocycles. The third-order valence-electron chi connectivity index (χ3n) is 4.76. The number of hydrogen-bond donors (Lipinski definition) is 0. The summed E-state index contributed by atoms with van der Waals surface area (Å²) in [4.78, 5) is 14.8. The normalized spacial score (nSPS) is 15.3. The van der Waals surface area contributed by atoms with Gasteiger partial charge in [-0.15, -0.1) is 0 Å². The van der Waals surface area contributed by atoms with Gasteiger partial charge in [0.2, 0.25) is 15.9 Å². The zero-order chi connectivity index (χ0) is 18.9. The molecule has 0 aromatic heterocycles. The molecule has 1 heterocycles. The second kappa shape index (κ2) is 7.11. The van der Waals surface area contributed by atoms with Crippen molar-refractivity contribution in [3.8, 4) is 0 Å². The largest absolute Gasteiger partial charge is 0.336 e. The van der Waals surface area contributed by atoms with Crippen LogP contribution in [0.5, 0.6) is 0 Å². The number of rotatable bonds is 4. The molecule has 0 unspecified atom stereocenters. The molecule has 6 heteroatoms. The molecule has 1 aliphatic rings. The Kier molecular flexibility index (Phi) is 5.05. The minimum absolute atomic E-state index is 0.175. The molecule has 2 aromatic carbocycles. The molecule has 138 valence electrons. The van der Waals surface area contributed by atoms with Crippen molar-refractivity contribution in [3.63, 3.8) is 0 Å². The van der Waals surface area contributed by atoms with E-state index in [4.69, 9.17) is 0 Å². The monoisotopic (exact) mass is 372 g/mol. The predicted octanol–water partition coefficient (Wildman–Crippen LogP) is 2.73. The van der Waals surface area contributed by atoms with Gasteiger partial charge < -0.3 is 4.90 Å². The summed E-state index contributed by atoms with van der Waals surface area (Å²) in [6.07, 6.45) is 1.93. The van der Waals surface area contributed by atoms with Crippen molar-refractivity contribution in [2.75, 3.05) is 17.1 Å². The summed E-state index contributed by atoms with van der Waals surface area (Å²) in [5.41, 5.74) is 3.84. The summed E-state index contributed by atoms with van der Waals surface area (Å²) < 4.78 is 26.1. The molecule has 0 spiro atoms. The average molecular weight is 372 g/mol. The van der Waals surface area contributed by atoms with Crippen molar-refractivity contribution in [1.82, 2.24) is 4.90 Å². The number of fused-ring (bicyclic) bond motifs is 1. The number of nitrogens with zero attached hydrogens (tertiary/aromatic N) is 2. The molecule has 26 heavy (non-hydrogen) atoms. The Morgan fingerprint density at radius 2 is 1.81 bits per heavy atom. The highest BCUT2D eigenvalue weighted by Gasteiger charge is 2.33. The van der Waals surface area contributed by atoms with Gasteiger partial charge in [-0.05, 0) is 49.1 Å². The molecule has 0 aliphatic carbocycles. The summed E-state index contributed by atoms with van der Waals surface area (Å²) in [5.74, 6) is -0.175. The van der Waals surface area contributed by atoms with Crippen molar-refractivity contribution >= 4 is 21.6 Å². The SMILES string of the molecule is Cc1cccc(N([C@@H](C)C(=O)N2CCc3ccccc3C2)S(C)(=O)=O)c1. The first-order chi connectivity index (χ1) is 12.3. The molecule has 3 rings (SSSR count). The van der Waals surface area contributed by atoms with Gasteiger partial charge in [-0.1, -0.05) is 36.4 Å². The number of benzene rings is 2. The molecule has 5 nitrogen and oxygen atoms in total. The van der Waals surface area contributed by atoms with Crippen molar-refractivity contribution < 1.29 is 13.2 Å². The van der Waals surface area contributed by atoms with E-state index in [9.17, 15) is 13.2 Å². The lowest BCUT2D eigenvalue weighted by molar-refractivity contribution is -0.132. The smallest absolute Gasteiger partial charge is 0.246 e. The molecular weight excluding hydrogens is 348 g/mol. The third-order valence-corrected chi connectivity index (χ3v) is 6.01. The van der Waals surface area contributed by atoms with Crippen LogP contribution in [0.15, 0.2) is 48.5 Å². The number of anilines is 1. The van der Waals surface area contributed by atoms with Gasteiger partial charge in [0.05, 0.1) is 11.9 Å². The van der Waals surface area contributed by atoms with Gasteiger partial charge in [-0.3, -0.25) is 9.10 Å². The van der Waals surface area contributed by atoms with Gasteiger partial charge in [0.25, 0.3) is 0 Å². The summed E-state index contributed by atoms with van der Waals surface area (Å²) in [6, 6.07) is 14.5. The fraction of sp³-hybridized carbons (Fsp3) is 0.350. The lowest BCUT2D eigenvalue weighted by Gasteiger charge is -2.35. The van der Waals surface area contributed by atoms with Crippen molar-refractivity contribution in [1.29, 1.82) is 0 Å². The van der Waals surface area contributed by atoms with Crippen LogP contribution in [0.25, 0.3) is 0 Å². The van der Waals surface area contributed by atoms with Crippen molar-refractivity contribution in [2.45, 2.75) is 32.9 Å². The maximum absolute atomic E-state index is 13.1. The number of hydrogen-bond acceptors (Lipinski definition) is 3. The van der Waals surface area contributed by atoms with Crippen LogP contribution in [-0.2, 0) is 27.8 Å². The molecule has 2 aromatic rings. The molecular formula is C20H24N2O3S. The maximum Gasteiger partial charge on any atom is 0.246 e. The highest BCUT2D eigenvalue weighted by atomic mass is 32.2. The number of amides is 1.